The zero-order valence-corrected chi connectivity index (χ0v) is 17.9. The van der Waals surface area contributed by atoms with E-state index in [1.165, 1.54) is 34.7 Å². The zero-order valence-electron chi connectivity index (χ0n) is 15.5. The molecule has 1 atom stereocenters. The number of carbonyl (C=O) groups is 2. The first kappa shape index (κ1) is 19.7. The molecule has 0 fully saturated rings. The van der Waals surface area contributed by atoms with Crippen LogP contribution in [0.2, 0.25) is 5.02 Å². The van der Waals surface area contributed by atoms with Gasteiger partial charge >= 0.3 is 0 Å². The fourth-order valence-electron chi connectivity index (χ4n) is 3.36. The van der Waals surface area contributed by atoms with Crippen LogP contribution < -0.4 is 9.64 Å². The molecule has 1 aliphatic heterocycles. The number of ether oxygens (including phenoxy) is 1. The highest BCUT2D eigenvalue weighted by Gasteiger charge is 2.46. The number of aliphatic hydroxyl groups excluding tert-OH is 1. The standard InChI is InChI=1S/C21H16ClNO4S2/c1-11-7-9-29-20(11)17-16(18(24)15-4-3-8-28-15)19(25)21(26)23(17)12-5-6-14(27-2)13(22)10-12/h3-10,17,25H,1-2H3. The van der Waals surface area contributed by atoms with Gasteiger partial charge in [-0.05, 0) is 53.6 Å². The van der Waals surface area contributed by atoms with E-state index < -0.39 is 17.7 Å². The minimum absolute atomic E-state index is 0.0786. The van der Waals surface area contributed by atoms with E-state index in [0.717, 1.165) is 10.4 Å². The van der Waals surface area contributed by atoms with Crippen molar-refractivity contribution in [3.05, 3.63) is 78.8 Å². The minimum atomic E-state index is -0.735. The molecule has 0 saturated heterocycles. The van der Waals surface area contributed by atoms with E-state index in [9.17, 15) is 14.7 Å². The molecule has 2 aromatic heterocycles. The van der Waals surface area contributed by atoms with Crippen molar-refractivity contribution in [2.45, 2.75) is 13.0 Å². The highest BCUT2D eigenvalue weighted by atomic mass is 35.5. The van der Waals surface area contributed by atoms with E-state index in [4.69, 9.17) is 16.3 Å². The van der Waals surface area contributed by atoms with Gasteiger partial charge in [0.05, 0.1) is 22.6 Å². The summed E-state index contributed by atoms with van der Waals surface area (Å²) in [4.78, 5) is 29.0. The Morgan fingerprint density at radius 1 is 1.21 bits per heavy atom. The second-order valence-electron chi connectivity index (χ2n) is 6.43. The van der Waals surface area contributed by atoms with E-state index >= 15 is 0 Å². The molecular weight excluding hydrogens is 430 g/mol. The molecular formula is C21H16ClNO4S2. The number of aliphatic hydroxyl groups is 1. The van der Waals surface area contributed by atoms with Crippen molar-refractivity contribution in [1.82, 2.24) is 0 Å². The number of ketones is 1. The summed E-state index contributed by atoms with van der Waals surface area (Å²) >= 11 is 8.98. The SMILES string of the molecule is COc1ccc(N2C(=O)C(O)=C(C(=O)c3cccs3)C2c2sccc2C)cc1Cl. The molecule has 0 spiro atoms. The maximum absolute atomic E-state index is 13.2. The molecule has 0 saturated carbocycles. The average Bonchev–Trinajstić information content (AvgIpc) is 3.43. The van der Waals surface area contributed by atoms with Crippen LogP contribution in [-0.4, -0.2) is 23.9 Å². The van der Waals surface area contributed by atoms with Gasteiger partial charge in [0.15, 0.2) is 5.76 Å². The van der Waals surface area contributed by atoms with E-state index in [1.807, 2.05) is 18.4 Å². The average molecular weight is 446 g/mol. The molecule has 1 aliphatic rings. The second kappa shape index (κ2) is 7.67. The largest absolute Gasteiger partial charge is 0.503 e. The summed E-state index contributed by atoms with van der Waals surface area (Å²) in [5.41, 5.74) is 1.48. The lowest BCUT2D eigenvalue weighted by Gasteiger charge is -2.26. The second-order valence-corrected chi connectivity index (χ2v) is 8.74. The number of methoxy groups -OCH3 is 1. The number of Topliss-reactive ketones (excluding diaryl/α,β-unsaturated/α-hetero) is 1. The van der Waals surface area contributed by atoms with Crippen LogP contribution in [0.15, 0.2) is 58.5 Å². The Labute approximate surface area is 180 Å². The van der Waals surface area contributed by atoms with Crippen molar-refractivity contribution < 1.29 is 19.4 Å². The lowest BCUT2D eigenvalue weighted by atomic mass is 9.99. The Bertz CT molecular complexity index is 1130. The first-order valence-corrected chi connectivity index (χ1v) is 10.8. The molecule has 0 aliphatic carbocycles. The van der Waals surface area contributed by atoms with Crippen LogP contribution in [0.4, 0.5) is 5.69 Å². The smallest absolute Gasteiger partial charge is 0.294 e. The molecule has 1 N–H and O–H groups in total. The number of rotatable bonds is 5. The third kappa shape index (κ3) is 3.25. The highest BCUT2D eigenvalue weighted by molar-refractivity contribution is 7.12. The van der Waals surface area contributed by atoms with Crippen LogP contribution in [0.3, 0.4) is 0 Å². The first-order valence-electron chi connectivity index (χ1n) is 8.66. The van der Waals surface area contributed by atoms with Crippen molar-refractivity contribution in [3.63, 3.8) is 0 Å². The zero-order chi connectivity index (χ0) is 20.7. The quantitative estimate of drug-likeness (QED) is 0.522. The summed E-state index contributed by atoms with van der Waals surface area (Å²) < 4.78 is 5.19. The number of benzene rings is 1. The molecule has 29 heavy (non-hydrogen) atoms. The maximum atomic E-state index is 13.2. The van der Waals surface area contributed by atoms with Crippen LogP contribution in [0.1, 0.15) is 26.2 Å². The molecule has 1 aromatic carbocycles. The predicted molar refractivity (Wildman–Crippen MR) is 116 cm³/mol. The Balaban J connectivity index is 1.88. The Kier molecular flexibility index (Phi) is 5.21. The number of thiophene rings is 2. The number of nitrogens with zero attached hydrogens (tertiary/aromatic N) is 1. The predicted octanol–water partition coefficient (Wildman–Crippen LogP) is 5.56. The van der Waals surface area contributed by atoms with E-state index in [-0.39, 0.29) is 11.4 Å². The van der Waals surface area contributed by atoms with Gasteiger partial charge in [-0.1, -0.05) is 17.7 Å². The van der Waals surface area contributed by atoms with Crippen molar-refractivity contribution in [2.75, 3.05) is 12.0 Å². The molecule has 148 valence electrons. The molecule has 0 radical (unpaired) electrons. The van der Waals surface area contributed by atoms with Gasteiger partial charge in [0.25, 0.3) is 5.91 Å². The fourth-order valence-corrected chi connectivity index (χ4v) is 5.32. The van der Waals surface area contributed by atoms with Crippen molar-refractivity contribution in [2.24, 2.45) is 0 Å². The summed E-state index contributed by atoms with van der Waals surface area (Å²) in [6.07, 6.45) is 0. The van der Waals surface area contributed by atoms with Gasteiger partial charge < -0.3 is 9.84 Å². The summed E-state index contributed by atoms with van der Waals surface area (Å²) in [6, 6.07) is 9.57. The Morgan fingerprint density at radius 3 is 2.59 bits per heavy atom. The topological polar surface area (TPSA) is 66.8 Å². The molecule has 3 heterocycles. The highest BCUT2D eigenvalue weighted by Crippen LogP contribution is 2.45. The van der Waals surface area contributed by atoms with Gasteiger partial charge in [-0.2, -0.15) is 0 Å². The van der Waals surface area contributed by atoms with Crippen molar-refractivity contribution in [1.29, 1.82) is 0 Å². The minimum Gasteiger partial charge on any atom is -0.503 e. The summed E-state index contributed by atoms with van der Waals surface area (Å²) in [5, 5.41) is 14.7. The molecule has 4 rings (SSSR count). The van der Waals surface area contributed by atoms with Gasteiger partial charge in [-0.3, -0.25) is 14.5 Å². The normalized spacial score (nSPS) is 16.6. The van der Waals surface area contributed by atoms with Crippen molar-refractivity contribution >= 4 is 51.7 Å². The molecule has 1 unspecified atom stereocenters. The van der Waals surface area contributed by atoms with Gasteiger partial charge in [-0.25, -0.2) is 0 Å². The summed E-state index contributed by atoms with van der Waals surface area (Å²) in [5.74, 6) is -1.05. The van der Waals surface area contributed by atoms with E-state index in [0.29, 0.717) is 21.3 Å². The van der Waals surface area contributed by atoms with Crippen LogP contribution >= 0.6 is 34.3 Å². The summed E-state index contributed by atoms with van der Waals surface area (Å²) in [7, 11) is 1.50. The van der Waals surface area contributed by atoms with Crippen LogP contribution in [0.5, 0.6) is 5.75 Å². The number of aryl methyl sites for hydroxylation is 1. The number of anilines is 1. The van der Waals surface area contributed by atoms with Crippen molar-refractivity contribution in [3.8, 4) is 5.75 Å². The van der Waals surface area contributed by atoms with Crippen LogP contribution in [0, 0.1) is 6.92 Å². The number of amides is 1. The number of carbonyl (C=O) groups excluding carboxylic acids is 2. The molecule has 1 amide bonds. The third-order valence-corrected chi connectivity index (χ3v) is 7.00. The number of hydrogen-bond acceptors (Lipinski definition) is 6. The molecule has 0 bridgehead atoms. The summed E-state index contributed by atoms with van der Waals surface area (Å²) in [6.45, 7) is 1.91. The molecule has 8 heteroatoms. The van der Waals surface area contributed by atoms with Crippen LogP contribution in [0.25, 0.3) is 0 Å². The Morgan fingerprint density at radius 2 is 2.00 bits per heavy atom. The lowest BCUT2D eigenvalue weighted by molar-refractivity contribution is -0.117. The monoisotopic (exact) mass is 445 g/mol. The van der Waals surface area contributed by atoms with E-state index in [2.05, 4.69) is 0 Å². The van der Waals surface area contributed by atoms with Gasteiger partial charge in [-0.15, -0.1) is 22.7 Å². The van der Waals surface area contributed by atoms with Gasteiger partial charge in [0.2, 0.25) is 5.78 Å². The first-order chi connectivity index (χ1) is 13.9. The molecule has 5 nitrogen and oxygen atoms in total. The molecule has 3 aromatic rings. The van der Waals surface area contributed by atoms with Gasteiger partial charge in [0, 0.05) is 10.6 Å². The third-order valence-electron chi connectivity index (χ3n) is 4.76. The van der Waals surface area contributed by atoms with E-state index in [1.54, 1.807) is 35.7 Å². The van der Waals surface area contributed by atoms with Gasteiger partial charge in [0.1, 0.15) is 11.8 Å². The number of hydrogen-bond donors (Lipinski definition) is 1. The maximum Gasteiger partial charge on any atom is 0.294 e. The van der Waals surface area contributed by atoms with Crippen LogP contribution in [-0.2, 0) is 4.79 Å². The Hall–Kier alpha value is -2.61. The fraction of sp³-hybridized carbons (Fsp3) is 0.143. The lowest BCUT2D eigenvalue weighted by Crippen LogP contribution is -2.30. The number of halogens is 1.